The summed E-state index contributed by atoms with van der Waals surface area (Å²) in [5.41, 5.74) is 1.56. The summed E-state index contributed by atoms with van der Waals surface area (Å²) >= 11 is 3.54. The van der Waals surface area contributed by atoms with Crippen LogP contribution in [0.5, 0.6) is 0 Å². The van der Waals surface area contributed by atoms with E-state index in [1.54, 1.807) is 6.92 Å². The van der Waals surface area contributed by atoms with Gasteiger partial charge in [0.05, 0.1) is 16.7 Å². The number of carbonyl (C=O) groups is 1. The van der Waals surface area contributed by atoms with E-state index in [1.165, 1.54) is 12.8 Å². The molecule has 1 saturated carbocycles. The molecule has 4 rings (SSSR count). The Morgan fingerprint density at radius 3 is 2.71 bits per heavy atom. The lowest BCUT2D eigenvalue weighted by atomic mass is 10.2. The Labute approximate surface area is 147 Å². The van der Waals surface area contributed by atoms with Gasteiger partial charge >= 0.3 is 0 Å². The van der Waals surface area contributed by atoms with Crippen LogP contribution in [0.2, 0.25) is 0 Å². The molecule has 2 fully saturated rings. The topological polar surface area (TPSA) is 91.2 Å². The van der Waals surface area contributed by atoms with Crippen LogP contribution in [0.3, 0.4) is 0 Å². The van der Waals surface area contributed by atoms with E-state index in [1.807, 2.05) is 4.90 Å². The van der Waals surface area contributed by atoms with Crippen molar-refractivity contribution in [2.45, 2.75) is 32.2 Å². The summed E-state index contributed by atoms with van der Waals surface area (Å²) in [6.07, 6.45) is 2.34. The van der Waals surface area contributed by atoms with Crippen LogP contribution in [0, 0.1) is 6.92 Å². The average molecular weight is 395 g/mol. The van der Waals surface area contributed by atoms with E-state index >= 15 is 0 Å². The second kappa shape index (κ2) is 6.29. The van der Waals surface area contributed by atoms with Crippen molar-refractivity contribution in [2.75, 3.05) is 26.2 Å². The predicted octanol–water partition coefficient (Wildman–Crippen LogP) is 1.70. The van der Waals surface area contributed by atoms with Crippen molar-refractivity contribution in [3.63, 3.8) is 0 Å². The quantitative estimate of drug-likeness (QED) is 0.848. The van der Waals surface area contributed by atoms with Crippen LogP contribution in [-0.2, 0) is 6.54 Å². The molecule has 0 unspecified atom stereocenters. The molecule has 0 bridgehead atoms. The van der Waals surface area contributed by atoms with E-state index in [0.717, 1.165) is 23.3 Å². The largest absolute Gasteiger partial charge is 0.340 e. The number of H-pyrrole nitrogens is 1. The number of hydrogen-bond acceptors (Lipinski definition) is 6. The molecule has 0 radical (unpaired) electrons. The molecule has 1 aliphatic carbocycles. The Morgan fingerprint density at radius 2 is 2.08 bits per heavy atom. The minimum atomic E-state index is -0.0138. The zero-order chi connectivity index (χ0) is 16.7. The van der Waals surface area contributed by atoms with Gasteiger partial charge in [-0.05, 0) is 28.8 Å². The summed E-state index contributed by atoms with van der Waals surface area (Å²) in [4.78, 5) is 21.0. The SMILES string of the molecule is Cc1nc(CN2CCN(C(=O)c3n[nH]c(C4CC4)c3Br)CC2)no1. The minimum Gasteiger partial charge on any atom is -0.340 e. The number of nitrogens with zero attached hydrogens (tertiary/aromatic N) is 5. The molecule has 1 N–H and O–H groups in total. The lowest BCUT2D eigenvalue weighted by Crippen LogP contribution is -2.48. The van der Waals surface area contributed by atoms with Gasteiger partial charge in [0.2, 0.25) is 5.89 Å². The summed E-state index contributed by atoms with van der Waals surface area (Å²) < 4.78 is 5.83. The molecule has 1 aliphatic heterocycles. The average Bonchev–Trinajstić information content (AvgIpc) is 3.23. The van der Waals surface area contributed by atoms with Crippen LogP contribution >= 0.6 is 15.9 Å². The van der Waals surface area contributed by atoms with Crippen molar-refractivity contribution >= 4 is 21.8 Å². The van der Waals surface area contributed by atoms with Gasteiger partial charge in [0.15, 0.2) is 11.5 Å². The van der Waals surface area contributed by atoms with Crippen LogP contribution in [-0.4, -0.2) is 62.2 Å². The van der Waals surface area contributed by atoms with E-state index in [4.69, 9.17) is 4.52 Å². The van der Waals surface area contributed by atoms with Crippen molar-refractivity contribution in [3.8, 4) is 0 Å². The molecule has 24 heavy (non-hydrogen) atoms. The maximum absolute atomic E-state index is 12.7. The summed E-state index contributed by atoms with van der Waals surface area (Å²) in [7, 11) is 0. The summed E-state index contributed by atoms with van der Waals surface area (Å²) in [6, 6.07) is 0. The number of aryl methyl sites for hydroxylation is 1. The molecule has 9 heteroatoms. The molecular formula is C15H19BrN6O2. The number of amides is 1. The number of piperazine rings is 1. The summed E-state index contributed by atoms with van der Waals surface area (Å²) in [5, 5.41) is 11.2. The third kappa shape index (κ3) is 3.10. The molecule has 0 spiro atoms. The highest BCUT2D eigenvalue weighted by Crippen LogP contribution is 2.43. The fraction of sp³-hybridized carbons (Fsp3) is 0.600. The fourth-order valence-corrected chi connectivity index (χ4v) is 3.66. The lowest BCUT2D eigenvalue weighted by molar-refractivity contribution is 0.0617. The maximum atomic E-state index is 12.7. The molecule has 1 saturated heterocycles. The van der Waals surface area contributed by atoms with E-state index in [2.05, 4.69) is 41.2 Å². The lowest BCUT2D eigenvalue weighted by Gasteiger charge is -2.33. The Bertz CT molecular complexity index is 745. The molecule has 2 aliphatic rings. The smallest absolute Gasteiger partial charge is 0.275 e. The second-order valence-corrected chi connectivity index (χ2v) is 7.17. The molecule has 8 nitrogen and oxygen atoms in total. The van der Waals surface area contributed by atoms with Crippen LogP contribution in [0.1, 0.15) is 46.7 Å². The summed E-state index contributed by atoms with van der Waals surface area (Å²) in [5.74, 6) is 1.79. The molecular weight excluding hydrogens is 376 g/mol. The van der Waals surface area contributed by atoms with Gasteiger partial charge in [0, 0.05) is 39.0 Å². The van der Waals surface area contributed by atoms with Crippen molar-refractivity contribution in [2.24, 2.45) is 0 Å². The second-order valence-electron chi connectivity index (χ2n) is 6.37. The van der Waals surface area contributed by atoms with E-state index < -0.39 is 0 Å². The molecule has 3 heterocycles. The minimum absolute atomic E-state index is 0.0138. The number of hydrogen-bond donors (Lipinski definition) is 1. The number of halogens is 1. The third-order valence-corrected chi connectivity index (χ3v) is 5.32. The first kappa shape index (κ1) is 15.8. The Kier molecular flexibility index (Phi) is 4.13. The molecule has 0 aromatic carbocycles. The molecule has 0 atom stereocenters. The predicted molar refractivity (Wildman–Crippen MR) is 88.5 cm³/mol. The zero-order valence-corrected chi connectivity index (χ0v) is 15.0. The normalized spacial score (nSPS) is 19.0. The first-order valence-electron chi connectivity index (χ1n) is 8.16. The van der Waals surface area contributed by atoms with Gasteiger partial charge in [-0.2, -0.15) is 10.1 Å². The first-order chi connectivity index (χ1) is 11.6. The molecule has 128 valence electrons. The van der Waals surface area contributed by atoms with Crippen molar-refractivity contribution < 1.29 is 9.32 Å². The van der Waals surface area contributed by atoms with Gasteiger partial charge in [-0.3, -0.25) is 14.8 Å². The fourth-order valence-electron chi connectivity index (χ4n) is 2.99. The van der Waals surface area contributed by atoms with Gasteiger partial charge in [-0.25, -0.2) is 0 Å². The number of carbonyl (C=O) groups excluding carboxylic acids is 1. The highest BCUT2D eigenvalue weighted by Gasteiger charge is 2.32. The van der Waals surface area contributed by atoms with Crippen molar-refractivity contribution in [1.29, 1.82) is 0 Å². The van der Waals surface area contributed by atoms with Crippen LogP contribution in [0.15, 0.2) is 9.00 Å². The third-order valence-electron chi connectivity index (χ3n) is 4.51. The first-order valence-corrected chi connectivity index (χ1v) is 8.95. The Morgan fingerprint density at radius 1 is 1.33 bits per heavy atom. The van der Waals surface area contributed by atoms with Gasteiger partial charge in [-0.1, -0.05) is 5.16 Å². The number of aromatic amines is 1. The molecule has 1 amide bonds. The summed E-state index contributed by atoms with van der Waals surface area (Å²) in [6.45, 7) is 5.36. The maximum Gasteiger partial charge on any atom is 0.275 e. The van der Waals surface area contributed by atoms with Crippen LogP contribution < -0.4 is 0 Å². The molecule has 2 aromatic heterocycles. The number of aromatic nitrogens is 4. The van der Waals surface area contributed by atoms with Gasteiger partial charge < -0.3 is 9.42 Å². The zero-order valence-electron chi connectivity index (χ0n) is 13.5. The van der Waals surface area contributed by atoms with Crippen LogP contribution in [0.4, 0.5) is 0 Å². The Hall–Kier alpha value is -1.74. The van der Waals surface area contributed by atoms with Crippen molar-refractivity contribution in [3.05, 3.63) is 27.6 Å². The molecule has 2 aromatic rings. The van der Waals surface area contributed by atoms with Gasteiger partial charge in [0.25, 0.3) is 5.91 Å². The standard InChI is InChI=1S/C15H19BrN6O2/c1-9-17-11(20-24-9)8-21-4-6-22(7-5-21)15(23)14-12(16)13(18-19-14)10-2-3-10/h10H,2-8H2,1H3,(H,18,19). The number of nitrogens with one attached hydrogen (secondary N) is 1. The highest BCUT2D eigenvalue weighted by atomic mass is 79.9. The van der Waals surface area contributed by atoms with Gasteiger partial charge in [-0.15, -0.1) is 0 Å². The monoisotopic (exact) mass is 394 g/mol. The van der Waals surface area contributed by atoms with Crippen LogP contribution in [0.25, 0.3) is 0 Å². The van der Waals surface area contributed by atoms with E-state index in [0.29, 0.717) is 43.0 Å². The van der Waals surface area contributed by atoms with E-state index in [9.17, 15) is 4.79 Å². The Balaban J connectivity index is 1.36. The highest BCUT2D eigenvalue weighted by molar-refractivity contribution is 9.10. The van der Waals surface area contributed by atoms with E-state index in [-0.39, 0.29) is 5.91 Å². The van der Waals surface area contributed by atoms with Gasteiger partial charge in [0.1, 0.15) is 0 Å². The number of rotatable bonds is 4. The van der Waals surface area contributed by atoms with Crippen molar-refractivity contribution in [1.82, 2.24) is 30.1 Å².